The van der Waals surface area contributed by atoms with Crippen molar-refractivity contribution in [2.24, 2.45) is 11.8 Å². The smallest absolute Gasteiger partial charge is 0.0332 e. The highest BCUT2D eigenvalue weighted by molar-refractivity contribution is 7.09. The minimum atomic E-state index is 0.778. The van der Waals surface area contributed by atoms with Crippen molar-refractivity contribution in [3.63, 3.8) is 0 Å². The fourth-order valence-electron chi connectivity index (χ4n) is 3.40. The van der Waals surface area contributed by atoms with Gasteiger partial charge in [-0.1, -0.05) is 6.07 Å². The molecule has 98 valence electrons. The summed E-state index contributed by atoms with van der Waals surface area (Å²) in [6, 6.07) is 6.07. The minimum Gasteiger partial charge on any atom is -0.311 e. The molecule has 2 aliphatic carbocycles. The Bertz CT molecular complexity index is 395. The predicted octanol–water partition coefficient (Wildman–Crippen LogP) is 2.71. The summed E-state index contributed by atoms with van der Waals surface area (Å²) in [5, 5.41) is 6.03. The van der Waals surface area contributed by atoms with E-state index in [0.29, 0.717) is 0 Å². The van der Waals surface area contributed by atoms with Crippen LogP contribution in [0.15, 0.2) is 17.5 Å². The molecule has 0 bridgehead atoms. The van der Waals surface area contributed by atoms with Crippen LogP contribution >= 0.6 is 11.3 Å². The zero-order valence-electron chi connectivity index (χ0n) is 10.8. The summed E-state index contributed by atoms with van der Waals surface area (Å²) in [6.07, 6.45) is 5.83. The number of nitrogens with zero attached hydrogens (tertiary/aromatic N) is 1. The van der Waals surface area contributed by atoms with Crippen molar-refractivity contribution in [2.75, 3.05) is 13.1 Å². The molecule has 3 aliphatic rings. The Morgan fingerprint density at radius 1 is 1.22 bits per heavy atom. The molecule has 0 radical (unpaired) electrons. The van der Waals surface area contributed by atoms with Gasteiger partial charge in [-0.25, -0.2) is 0 Å². The summed E-state index contributed by atoms with van der Waals surface area (Å²) in [7, 11) is 0. The molecule has 1 N–H and O–H groups in total. The van der Waals surface area contributed by atoms with E-state index in [0.717, 1.165) is 23.9 Å². The summed E-state index contributed by atoms with van der Waals surface area (Å²) in [6.45, 7) is 3.70. The molecule has 2 saturated carbocycles. The van der Waals surface area contributed by atoms with Crippen LogP contribution in [0.4, 0.5) is 0 Å². The fourth-order valence-corrected chi connectivity index (χ4v) is 4.13. The molecule has 1 aromatic heterocycles. The molecule has 1 aromatic rings. The molecular formula is C15H22N2S. The van der Waals surface area contributed by atoms with E-state index in [9.17, 15) is 0 Å². The van der Waals surface area contributed by atoms with Gasteiger partial charge in [0.05, 0.1) is 0 Å². The molecule has 4 rings (SSSR count). The lowest BCUT2D eigenvalue weighted by atomic mass is 10.0. The number of rotatable bonds is 4. The van der Waals surface area contributed by atoms with E-state index in [-0.39, 0.29) is 0 Å². The minimum absolute atomic E-state index is 0.778. The molecule has 3 fully saturated rings. The Kier molecular flexibility index (Phi) is 2.94. The van der Waals surface area contributed by atoms with Gasteiger partial charge in [0.2, 0.25) is 0 Å². The first-order valence-corrected chi connectivity index (χ1v) is 8.28. The van der Waals surface area contributed by atoms with Gasteiger partial charge in [-0.15, -0.1) is 11.3 Å². The van der Waals surface area contributed by atoms with Gasteiger partial charge >= 0.3 is 0 Å². The SMILES string of the molecule is c1csc(CN2CC(C3CC3)NCC2C2CC2)c1. The standard InChI is InChI=1S/C15H22N2S/c1-2-13(18-7-1)9-17-10-14(11-3-4-11)16-8-15(17)12-5-6-12/h1-2,7,11-12,14-16H,3-6,8-10H2. The topological polar surface area (TPSA) is 15.3 Å². The van der Waals surface area contributed by atoms with Gasteiger partial charge in [-0.3, -0.25) is 4.90 Å². The lowest BCUT2D eigenvalue weighted by molar-refractivity contribution is 0.101. The molecule has 3 heteroatoms. The van der Waals surface area contributed by atoms with Crippen LogP contribution in [0, 0.1) is 11.8 Å². The van der Waals surface area contributed by atoms with Crippen LogP contribution in [-0.4, -0.2) is 30.1 Å². The first-order chi connectivity index (χ1) is 8.90. The summed E-state index contributed by atoms with van der Waals surface area (Å²) in [5.41, 5.74) is 0. The molecule has 2 atom stereocenters. The highest BCUT2D eigenvalue weighted by Crippen LogP contribution is 2.40. The molecular weight excluding hydrogens is 240 g/mol. The zero-order chi connectivity index (χ0) is 11.9. The van der Waals surface area contributed by atoms with Crippen LogP contribution in [0.25, 0.3) is 0 Å². The maximum Gasteiger partial charge on any atom is 0.0332 e. The average molecular weight is 262 g/mol. The first-order valence-electron chi connectivity index (χ1n) is 7.40. The first kappa shape index (κ1) is 11.4. The molecule has 1 aliphatic heterocycles. The monoisotopic (exact) mass is 262 g/mol. The van der Waals surface area contributed by atoms with Crippen LogP contribution in [-0.2, 0) is 6.54 Å². The van der Waals surface area contributed by atoms with E-state index in [4.69, 9.17) is 0 Å². The largest absolute Gasteiger partial charge is 0.311 e. The maximum atomic E-state index is 3.82. The maximum absolute atomic E-state index is 3.82. The van der Waals surface area contributed by atoms with Gasteiger partial charge in [0.1, 0.15) is 0 Å². The Balaban J connectivity index is 1.46. The van der Waals surface area contributed by atoms with Crippen LogP contribution in [0.5, 0.6) is 0 Å². The van der Waals surface area contributed by atoms with Gasteiger partial charge in [0.25, 0.3) is 0 Å². The number of nitrogens with one attached hydrogen (secondary N) is 1. The van der Waals surface area contributed by atoms with E-state index in [2.05, 4.69) is 27.7 Å². The number of piperazine rings is 1. The van der Waals surface area contributed by atoms with E-state index >= 15 is 0 Å². The van der Waals surface area contributed by atoms with E-state index in [1.165, 1.54) is 50.2 Å². The number of hydrogen-bond acceptors (Lipinski definition) is 3. The lowest BCUT2D eigenvalue weighted by Crippen LogP contribution is -2.57. The summed E-state index contributed by atoms with van der Waals surface area (Å²) >= 11 is 1.91. The van der Waals surface area contributed by atoms with Gasteiger partial charge in [-0.2, -0.15) is 0 Å². The summed E-state index contributed by atoms with van der Waals surface area (Å²) < 4.78 is 0. The second kappa shape index (κ2) is 4.62. The molecule has 0 aromatic carbocycles. The van der Waals surface area contributed by atoms with Crippen molar-refractivity contribution in [1.82, 2.24) is 10.2 Å². The highest BCUT2D eigenvalue weighted by Gasteiger charge is 2.42. The van der Waals surface area contributed by atoms with Gasteiger partial charge in [0, 0.05) is 36.6 Å². The number of thiophene rings is 1. The second-order valence-electron chi connectivity index (χ2n) is 6.27. The third-order valence-corrected chi connectivity index (χ3v) is 5.65. The molecule has 18 heavy (non-hydrogen) atoms. The van der Waals surface area contributed by atoms with Crippen LogP contribution < -0.4 is 5.32 Å². The highest BCUT2D eigenvalue weighted by atomic mass is 32.1. The third kappa shape index (κ3) is 2.36. The van der Waals surface area contributed by atoms with Crippen LogP contribution in [0.3, 0.4) is 0 Å². The van der Waals surface area contributed by atoms with E-state index in [1.807, 2.05) is 11.3 Å². The number of hydrogen-bond donors (Lipinski definition) is 1. The van der Waals surface area contributed by atoms with Crippen LogP contribution in [0.1, 0.15) is 30.6 Å². The van der Waals surface area contributed by atoms with E-state index < -0.39 is 0 Å². The Hall–Kier alpha value is -0.380. The molecule has 2 unspecified atom stereocenters. The van der Waals surface area contributed by atoms with Gasteiger partial charge in [-0.05, 0) is 49.0 Å². The zero-order valence-corrected chi connectivity index (χ0v) is 11.7. The van der Waals surface area contributed by atoms with Crippen molar-refractivity contribution in [2.45, 2.75) is 44.3 Å². The second-order valence-corrected chi connectivity index (χ2v) is 7.30. The summed E-state index contributed by atoms with van der Waals surface area (Å²) in [5.74, 6) is 1.97. The van der Waals surface area contributed by atoms with Crippen molar-refractivity contribution in [1.29, 1.82) is 0 Å². The molecule has 1 saturated heterocycles. The van der Waals surface area contributed by atoms with Crippen molar-refractivity contribution >= 4 is 11.3 Å². The van der Waals surface area contributed by atoms with Gasteiger partial charge in [0.15, 0.2) is 0 Å². The fraction of sp³-hybridized carbons (Fsp3) is 0.733. The normalized spacial score (nSPS) is 33.8. The average Bonchev–Trinajstić information content (AvgIpc) is 3.29. The van der Waals surface area contributed by atoms with Crippen molar-refractivity contribution in [3.8, 4) is 0 Å². The quantitative estimate of drug-likeness (QED) is 0.897. The van der Waals surface area contributed by atoms with Crippen molar-refractivity contribution < 1.29 is 0 Å². The third-order valence-electron chi connectivity index (χ3n) is 4.79. The van der Waals surface area contributed by atoms with Crippen molar-refractivity contribution in [3.05, 3.63) is 22.4 Å². The van der Waals surface area contributed by atoms with E-state index in [1.54, 1.807) is 0 Å². The molecule has 2 heterocycles. The Labute approximate surface area is 113 Å². The van der Waals surface area contributed by atoms with Gasteiger partial charge < -0.3 is 5.32 Å². The predicted molar refractivity (Wildman–Crippen MR) is 75.8 cm³/mol. The van der Waals surface area contributed by atoms with Crippen LogP contribution in [0.2, 0.25) is 0 Å². The Morgan fingerprint density at radius 3 is 2.72 bits per heavy atom. The molecule has 0 amide bonds. The molecule has 0 spiro atoms. The summed E-state index contributed by atoms with van der Waals surface area (Å²) in [4.78, 5) is 4.32. The lowest BCUT2D eigenvalue weighted by Gasteiger charge is -2.41. The molecule has 2 nitrogen and oxygen atoms in total. The Morgan fingerprint density at radius 2 is 2.06 bits per heavy atom.